The highest BCUT2D eigenvalue weighted by atomic mass is 35.5. The number of aromatic nitrogens is 2. The topological polar surface area (TPSA) is 25.8 Å². The average molecular weight is 303 g/mol. The van der Waals surface area contributed by atoms with Gasteiger partial charge in [0, 0.05) is 11.5 Å². The molecule has 2 aromatic rings. The van der Waals surface area contributed by atoms with Gasteiger partial charge in [-0.1, -0.05) is 77.8 Å². The van der Waals surface area contributed by atoms with E-state index in [1.165, 1.54) is 0 Å². The van der Waals surface area contributed by atoms with Gasteiger partial charge in [-0.3, -0.25) is 0 Å². The molecule has 1 aliphatic carbocycles. The summed E-state index contributed by atoms with van der Waals surface area (Å²) >= 11 is 12.6. The zero-order valence-corrected chi connectivity index (χ0v) is 12.1. The Hall–Kier alpha value is -1.64. The van der Waals surface area contributed by atoms with E-state index >= 15 is 0 Å². The number of hydrogen-bond donors (Lipinski definition) is 0. The molecular formula is C16H12Cl2N2. The van der Waals surface area contributed by atoms with Gasteiger partial charge in [-0.05, 0) is 6.42 Å². The summed E-state index contributed by atoms with van der Waals surface area (Å²) in [6, 6.07) is 9.69. The second kappa shape index (κ2) is 5.78. The van der Waals surface area contributed by atoms with E-state index in [1.807, 2.05) is 42.5 Å². The predicted molar refractivity (Wildman–Crippen MR) is 83.1 cm³/mol. The molecule has 0 aliphatic heterocycles. The Kier molecular flexibility index (Phi) is 3.86. The molecule has 0 amide bonds. The first-order valence-corrected chi connectivity index (χ1v) is 7.13. The number of benzene rings is 1. The zero-order valence-electron chi connectivity index (χ0n) is 10.6. The van der Waals surface area contributed by atoms with Crippen molar-refractivity contribution in [2.75, 3.05) is 0 Å². The summed E-state index contributed by atoms with van der Waals surface area (Å²) in [4.78, 5) is 8.89. The van der Waals surface area contributed by atoms with E-state index in [-0.39, 0.29) is 5.92 Å². The summed E-state index contributed by atoms with van der Waals surface area (Å²) in [7, 11) is 0. The SMILES string of the molecule is Clc1nc(C2C=CC=CC2)c(Cl)nc1-c1ccccc1. The molecule has 0 spiro atoms. The monoisotopic (exact) mass is 302 g/mol. The maximum atomic E-state index is 6.29. The van der Waals surface area contributed by atoms with Gasteiger partial charge in [-0.2, -0.15) is 0 Å². The minimum absolute atomic E-state index is 0.141. The molecule has 2 nitrogen and oxygen atoms in total. The minimum Gasteiger partial charge on any atom is -0.235 e. The third-order valence-electron chi connectivity index (χ3n) is 3.21. The van der Waals surface area contributed by atoms with Crippen LogP contribution in [0.25, 0.3) is 11.3 Å². The van der Waals surface area contributed by atoms with Gasteiger partial charge < -0.3 is 0 Å². The van der Waals surface area contributed by atoms with E-state index in [4.69, 9.17) is 23.2 Å². The summed E-state index contributed by atoms with van der Waals surface area (Å²) in [6.45, 7) is 0. The Bertz CT molecular complexity index is 678. The fourth-order valence-corrected chi connectivity index (χ4v) is 2.71. The molecule has 0 saturated carbocycles. The van der Waals surface area contributed by atoms with Crippen LogP contribution in [0.5, 0.6) is 0 Å². The largest absolute Gasteiger partial charge is 0.235 e. The van der Waals surface area contributed by atoms with Crippen LogP contribution in [-0.2, 0) is 0 Å². The zero-order chi connectivity index (χ0) is 13.9. The van der Waals surface area contributed by atoms with Crippen molar-refractivity contribution >= 4 is 23.2 Å². The van der Waals surface area contributed by atoms with Crippen molar-refractivity contribution in [2.24, 2.45) is 0 Å². The quantitative estimate of drug-likeness (QED) is 0.776. The molecule has 4 heteroatoms. The third-order valence-corrected chi connectivity index (χ3v) is 3.76. The number of nitrogens with zero attached hydrogens (tertiary/aromatic N) is 2. The van der Waals surface area contributed by atoms with Gasteiger partial charge in [0.15, 0.2) is 10.3 Å². The summed E-state index contributed by atoms with van der Waals surface area (Å²) in [5.74, 6) is 0.141. The molecule has 0 bridgehead atoms. The standard InChI is InChI=1S/C16H12Cl2N2/c17-15-13(11-7-3-1-4-8-11)19-16(18)14(20-15)12-9-5-2-6-10-12/h1-9,12H,10H2. The normalized spacial score (nSPS) is 17.4. The number of halogens is 2. The lowest BCUT2D eigenvalue weighted by molar-refractivity contribution is 0.807. The van der Waals surface area contributed by atoms with Gasteiger partial charge in [-0.25, -0.2) is 9.97 Å². The lowest BCUT2D eigenvalue weighted by Crippen LogP contribution is -2.04. The molecule has 1 atom stereocenters. The molecule has 1 aromatic carbocycles. The van der Waals surface area contributed by atoms with Crippen molar-refractivity contribution in [3.63, 3.8) is 0 Å². The van der Waals surface area contributed by atoms with E-state index in [2.05, 4.69) is 22.1 Å². The molecule has 0 N–H and O–H groups in total. The van der Waals surface area contributed by atoms with E-state index in [0.29, 0.717) is 16.0 Å². The van der Waals surface area contributed by atoms with Crippen LogP contribution in [-0.4, -0.2) is 9.97 Å². The van der Waals surface area contributed by atoms with Crippen molar-refractivity contribution in [1.82, 2.24) is 9.97 Å². The van der Waals surface area contributed by atoms with Gasteiger partial charge >= 0.3 is 0 Å². The van der Waals surface area contributed by atoms with Crippen molar-refractivity contribution in [3.05, 3.63) is 70.6 Å². The smallest absolute Gasteiger partial charge is 0.155 e. The highest BCUT2D eigenvalue weighted by molar-refractivity contribution is 6.33. The van der Waals surface area contributed by atoms with Crippen molar-refractivity contribution in [1.29, 1.82) is 0 Å². The maximum absolute atomic E-state index is 6.29. The van der Waals surface area contributed by atoms with Crippen LogP contribution in [0.1, 0.15) is 18.0 Å². The van der Waals surface area contributed by atoms with Gasteiger partial charge in [0.25, 0.3) is 0 Å². The van der Waals surface area contributed by atoms with E-state index in [1.54, 1.807) is 0 Å². The van der Waals surface area contributed by atoms with Crippen LogP contribution in [0.2, 0.25) is 10.3 Å². The van der Waals surface area contributed by atoms with Gasteiger partial charge in [-0.15, -0.1) is 0 Å². The Morgan fingerprint density at radius 3 is 2.45 bits per heavy atom. The molecule has 1 aliphatic rings. The Morgan fingerprint density at radius 1 is 0.950 bits per heavy atom. The molecule has 0 saturated heterocycles. The molecule has 20 heavy (non-hydrogen) atoms. The van der Waals surface area contributed by atoms with Crippen molar-refractivity contribution in [3.8, 4) is 11.3 Å². The number of rotatable bonds is 2. The van der Waals surface area contributed by atoms with E-state index < -0.39 is 0 Å². The molecular weight excluding hydrogens is 291 g/mol. The van der Waals surface area contributed by atoms with Crippen LogP contribution in [0, 0.1) is 0 Å². The molecule has 0 radical (unpaired) electrons. The Balaban J connectivity index is 2.03. The molecule has 3 rings (SSSR count). The lowest BCUT2D eigenvalue weighted by atomic mass is 9.97. The van der Waals surface area contributed by atoms with Crippen LogP contribution >= 0.6 is 23.2 Å². The summed E-state index contributed by atoms with van der Waals surface area (Å²) < 4.78 is 0. The highest BCUT2D eigenvalue weighted by Crippen LogP contribution is 2.33. The van der Waals surface area contributed by atoms with Crippen LogP contribution in [0.3, 0.4) is 0 Å². The van der Waals surface area contributed by atoms with Crippen molar-refractivity contribution < 1.29 is 0 Å². The van der Waals surface area contributed by atoms with Crippen LogP contribution in [0.4, 0.5) is 0 Å². The highest BCUT2D eigenvalue weighted by Gasteiger charge is 2.18. The maximum Gasteiger partial charge on any atom is 0.155 e. The summed E-state index contributed by atoms with van der Waals surface area (Å²) in [6.07, 6.45) is 9.02. The Labute approximate surface area is 127 Å². The summed E-state index contributed by atoms with van der Waals surface area (Å²) in [5, 5.41) is 0.803. The second-order valence-electron chi connectivity index (χ2n) is 4.56. The minimum atomic E-state index is 0.141. The van der Waals surface area contributed by atoms with E-state index in [0.717, 1.165) is 17.7 Å². The van der Waals surface area contributed by atoms with Gasteiger partial charge in [0.05, 0.1) is 5.69 Å². The van der Waals surface area contributed by atoms with Crippen LogP contribution in [0.15, 0.2) is 54.6 Å². The van der Waals surface area contributed by atoms with Crippen LogP contribution < -0.4 is 0 Å². The first-order valence-electron chi connectivity index (χ1n) is 6.37. The lowest BCUT2D eigenvalue weighted by Gasteiger charge is -2.15. The summed E-state index contributed by atoms with van der Waals surface area (Å²) in [5.41, 5.74) is 2.27. The second-order valence-corrected chi connectivity index (χ2v) is 5.28. The first-order chi connectivity index (χ1) is 9.75. The fourth-order valence-electron chi connectivity index (χ4n) is 2.21. The Morgan fingerprint density at radius 2 is 1.75 bits per heavy atom. The third kappa shape index (κ3) is 2.62. The average Bonchev–Trinajstić information content (AvgIpc) is 2.51. The van der Waals surface area contributed by atoms with Crippen molar-refractivity contribution in [2.45, 2.75) is 12.3 Å². The predicted octanol–water partition coefficient (Wildman–Crippen LogP) is 5.05. The molecule has 0 fully saturated rings. The van der Waals surface area contributed by atoms with Gasteiger partial charge in [0.2, 0.25) is 0 Å². The first kappa shape index (κ1) is 13.3. The molecule has 100 valence electrons. The number of hydrogen-bond acceptors (Lipinski definition) is 2. The molecule has 1 unspecified atom stereocenters. The van der Waals surface area contributed by atoms with Gasteiger partial charge in [0.1, 0.15) is 5.69 Å². The fraction of sp³-hybridized carbons (Fsp3) is 0.125. The van der Waals surface area contributed by atoms with E-state index in [9.17, 15) is 0 Å². The number of allylic oxidation sites excluding steroid dienone is 4. The molecule has 1 aromatic heterocycles. The molecule has 1 heterocycles.